The number of anilines is 3. The molecule has 0 spiro atoms. The average Bonchev–Trinajstić information content (AvgIpc) is 2.34. The van der Waals surface area contributed by atoms with E-state index in [-0.39, 0.29) is 0 Å². The smallest absolute Gasteiger partial charge is 0.172 e. The second-order valence-electron chi connectivity index (χ2n) is 4.59. The fourth-order valence-electron chi connectivity index (χ4n) is 2.32. The lowest BCUT2D eigenvalue weighted by Crippen LogP contribution is -2.43. The molecule has 0 unspecified atom stereocenters. The molecule has 6 heteroatoms. The highest BCUT2D eigenvalue weighted by Crippen LogP contribution is 2.29. The SMILES string of the molecule is Cc1nc(N)c(N)c(N(N)C2CCCCC2)n1. The maximum atomic E-state index is 6.12. The summed E-state index contributed by atoms with van der Waals surface area (Å²) in [5.74, 6) is 7.57. The largest absolute Gasteiger partial charge is 0.393 e. The molecule has 0 saturated heterocycles. The summed E-state index contributed by atoms with van der Waals surface area (Å²) in [5, 5.41) is 1.67. The van der Waals surface area contributed by atoms with Gasteiger partial charge in [-0.05, 0) is 19.8 Å². The van der Waals surface area contributed by atoms with E-state index in [1.54, 1.807) is 11.9 Å². The maximum Gasteiger partial charge on any atom is 0.172 e. The zero-order valence-electron chi connectivity index (χ0n) is 10.2. The molecule has 94 valence electrons. The fraction of sp³-hybridized carbons (Fsp3) is 0.636. The van der Waals surface area contributed by atoms with Gasteiger partial charge in [-0.25, -0.2) is 15.8 Å². The number of nitrogen functional groups attached to an aromatic ring is 2. The number of aromatic nitrogens is 2. The minimum absolute atomic E-state index is 0.304. The Hall–Kier alpha value is -1.56. The first-order valence-electron chi connectivity index (χ1n) is 6.03. The molecule has 1 aliphatic rings. The molecule has 1 aromatic rings. The van der Waals surface area contributed by atoms with Crippen LogP contribution in [0.4, 0.5) is 17.3 Å². The lowest BCUT2D eigenvalue weighted by molar-refractivity contribution is 0.416. The number of nitrogens with zero attached hydrogens (tertiary/aromatic N) is 3. The van der Waals surface area contributed by atoms with Crippen LogP contribution in [0.5, 0.6) is 0 Å². The molecule has 0 radical (unpaired) electrons. The molecule has 1 saturated carbocycles. The van der Waals surface area contributed by atoms with Crippen molar-refractivity contribution < 1.29 is 0 Å². The molecule has 0 aromatic carbocycles. The summed E-state index contributed by atoms with van der Waals surface area (Å²) in [6, 6.07) is 0.305. The molecule has 0 bridgehead atoms. The Morgan fingerprint density at radius 1 is 1.12 bits per heavy atom. The van der Waals surface area contributed by atoms with E-state index in [9.17, 15) is 0 Å². The van der Waals surface area contributed by atoms with Crippen LogP contribution in [0.3, 0.4) is 0 Å². The van der Waals surface area contributed by atoms with Crippen molar-refractivity contribution in [3.05, 3.63) is 5.82 Å². The van der Waals surface area contributed by atoms with Gasteiger partial charge in [0.25, 0.3) is 0 Å². The maximum absolute atomic E-state index is 6.12. The highest BCUT2D eigenvalue weighted by molar-refractivity contribution is 5.73. The average molecular weight is 236 g/mol. The van der Waals surface area contributed by atoms with Gasteiger partial charge in [-0.15, -0.1) is 0 Å². The first-order valence-corrected chi connectivity index (χ1v) is 6.03. The monoisotopic (exact) mass is 236 g/mol. The third kappa shape index (κ3) is 2.41. The van der Waals surface area contributed by atoms with Crippen molar-refractivity contribution in [1.82, 2.24) is 9.97 Å². The predicted molar refractivity (Wildman–Crippen MR) is 69.1 cm³/mol. The van der Waals surface area contributed by atoms with Crippen molar-refractivity contribution in [2.75, 3.05) is 16.5 Å². The minimum atomic E-state index is 0.304. The van der Waals surface area contributed by atoms with Gasteiger partial charge in [0.15, 0.2) is 11.6 Å². The van der Waals surface area contributed by atoms with Crippen LogP contribution in [0.1, 0.15) is 37.9 Å². The molecule has 1 heterocycles. The summed E-state index contributed by atoms with van der Waals surface area (Å²) in [7, 11) is 0. The molecule has 0 amide bonds. The van der Waals surface area contributed by atoms with Crippen LogP contribution in [0.25, 0.3) is 0 Å². The number of nitrogens with two attached hydrogens (primary N) is 3. The van der Waals surface area contributed by atoms with Gasteiger partial charge in [0.2, 0.25) is 0 Å². The number of hydrazine groups is 1. The lowest BCUT2D eigenvalue weighted by Gasteiger charge is -2.32. The number of hydrogen-bond donors (Lipinski definition) is 3. The van der Waals surface area contributed by atoms with Crippen molar-refractivity contribution in [1.29, 1.82) is 0 Å². The van der Waals surface area contributed by atoms with Crippen LogP contribution in [0.15, 0.2) is 0 Å². The quantitative estimate of drug-likeness (QED) is 0.521. The van der Waals surface area contributed by atoms with Gasteiger partial charge in [0.1, 0.15) is 11.5 Å². The van der Waals surface area contributed by atoms with E-state index in [0.29, 0.717) is 29.2 Å². The standard InChI is InChI=1S/C11H20N6/c1-7-15-10(13)9(12)11(16-7)17(14)8-5-3-2-4-6-8/h8H,2-6,12,14H2,1H3,(H2,13,15,16). The Balaban J connectivity index is 2.26. The Morgan fingerprint density at radius 3 is 2.41 bits per heavy atom. The second kappa shape index (κ2) is 4.75. The molecule has 6 nitrogen and oxygen atoms in total. The lowest BCUT2D eigenvalue weighted by atomic mass is 9.95. The van der Waals surface area contributed by atoms with E-state index in [2.05, 4.69) is 9.97 Å². The molecule has 2 rings (SSSR count). The predicted octanol–water partition coefficient (Wildman–Crippen LogP) is 0.962. The van der Waals surface area contributed by atoms with Crippen LogP contribution in [-0.2, 0) is 0 Å². The minimum Gasteiger partial charge on any atom is -0.393 e. The highest BCUT2D eigenvalue weighted by Gasteiger charge is 2.22. The van der Waals surface area contributed by atoms with Gasteiger partial charge in [-0.2, -0.15) is 0 Å². The van der Waals surface area contributed by atoms with E-state index in [1.807, 2.05) is 0 Å². The molecule has 0 atom stereocenters. The molecular formula is C11H20N6. The third-order valence-electron chi connectivity index (χ3n) is 3.28. The van der Waals surface area contributed by atoms with Gasteiger partial charge in [0.05, 0.1) is 0 Å². The Bertz CT molecular complexity index is 399. The van der Waals surface area contributed by atoms with E-state index in [4.69, 9.17) is 17.3 Å². The Morgan fingerprint density at radius 2 is 1.76 bits per heavy atom. The molecule has 1 aliphatic carbocycles. The van der Waals surface area contributed by atoms with E-state index >= 15 is 0 Å². The van der Waals surface area contributed by atoms with Gasteiger partial charge in [-0.1, -0.05) is 19.3 Å². The van der Waals surface area contributed by atoms with Gasteiger partial charge in [0, 0.05) is 6.04 Å². The Labute approximate surface area is 101 Å². The topological polar surface area (TPSA) is 107 Å². The van der Waals surface area contributed by atoms with Gasteiger partial charge in [-0.3, -0.25) is 5.01 Å². The number of hydrogen-bond acceptors (Lipinski definition) is 6. The van der Waals surface area contributed by atoms with Crippen LogP contribution in [-0.4, -0.2) is 16.0 Å². The van der Waals surface area contributed by atoms with Crippen molar-refractivity contribution in [2.24, 2.45) is 5.84 Å². The molecule has 17 heavy (non-hydrogen) atoms. The number of rotatable bonds is 2. The second-order valence-corrected chi connectivity index (χ2v) is 4.59. The Kier molecular flexibility index (Phi) is 3.33. The normalized spacial score (nSPS) is 17.1. The van der Waals surface area contributed by atoms with Crippen molar-refractivity contribution in [3.8, 4) is 0 Å². The summed E-state index contributed by atoms with van der Waals surface area (Å²) in [6.45, 7) is 1.79. The van der Waals surface area contributed by atoms with Crippen molar-refractivity contribution in [3.63, 3.8) is 0 Å². The first-order chi connectivity index (χ1) is 8.09. The van der Waals surface area contributed by atoms with Gasteiger partial charge < -0.3 is 11.5 Å². The summed E-state index contributed by atoms with van der Waals surface area (Å²) >= 11 is 0. The van der Waals surface area contributed by atoms with Crippen LogP contribution in [0.2, 0.25) is 0 Å². The molecular weight excluding hydrogens is 216 g/mol. The molecule has 1 fully saturated rings. The van der Waals surface area contributed by atoms with Crippen LogP contribution < -0.4 is 22.3 Å². The summed E-state index contributed by atoms with van der Waals surface area (Å²) in [6.07, 6.45) is 5.86. The van der Waals surface area contributed by atoms with E-state index in [0.717, 1.165) is 12.8 Å². The summed E-state index contributed by atoms with van der Waals surface area (Å²) in [5.41, 5.74) is 12.0. The van der Waals surface area contributed by atoms with Gasteiger partial charge >= 0.3 is 0 Å². The van der Waals surface area contributed by atoms with Crippen LogP contribution in [0, 0.1) is 6.92 Å². The molecule has 6 N–H and O–H groups in total. The zero-order valence-corrected chi connectivity index (χ0v) is 10.2. The molecule has 1 aromatic heterocycles. The highest BCUT2D eigenvalue weighted by atomic mass is 15.5. The fourth-order valence-corrected chi connectivity index (χ4v) is 2.32. The zero-order chi connectivity index (χ0) is 12.4. The van der Waals surface area contributed by atoms with Crippen molar-refractivity contribution >= 4 is 17.3 Å². The van der Waals surface area contributed by atoms with Crippen molar-refractivity contribution in [2.45, 2.75) is 45.1 Å². The third-order valence-corrected chi connectivity index (χ3v) is 3.28. The number of aryl methyl sites for hydroxylation is 1. The first kappa shape index (κ1) is 11.9. The summed E-state index contributed by atoms with van der Waals surface area (Å²) < 4.78 is 0. The van der Waals surface area contributed by atoms with E-state index in [1.165, 1.54) is 19.3 Å². The van der Waals surface area contributed by atoms with E-state index < -0.39 is 0 Å². The summed E-state index contributed by atoms with van der Waals surface area (Å²) in [4.78, 5) is 8.31. The molecule has 0 aliphatic heterocycles. The van der Waals surface area contributed by atoms with Crippen LogP contribution >= 0.6 is 0 Å².